The van der Waals surface area contributed by atoms with E-state index in [1.165, 1.54) is 7.11 Å². The standard InChI is InChI=1S/C22H15NO5/c1-25-13-9-7-12(8-10-13)22-23-19-17(28-22)11-16(26-2)18-20(24)14-5-3-4-6-15(14)27-21(18)19/h3-11H,1-2H3. The Morgan fingerprint density at radius 1 is 0.893 bits per heavy atom. The summed E-state index contributed by atoms with van der Waals surface area (Å²) in [5.41, 5.74) is 2.42. The molecule has 0 aliphatic rings. The highest BCUT2D eigenvalue weighted by Crippen LogP contribution is 2.35. The summed E-state index contributed by atoms with van der Waals surface area (Å²) in [6.07, 6.45) is 0. The van der Waals surface area contributed by atoms with Crippen molar-refractivity contribution in [3.63, 3.8) is 0 Å². The lowest BCUT2D eigenvalue weighted by atomic mass is 10.1. The molecule has 0 saturated carbocycles. The normalized spacial score (nSPS) is 11.4. The Bertz CT molecular complexity index is 1400. The summed E-state index contributed by atoms with van der Waals surface area (Å²) in [7, 11) is 3.12. The van der Waals surface area contributed by atoms with Gasteiger partial charge in [-0.25, -0.2) is 4.98 Å². The van der Waals surface area contributed by atoms with Gasteiger partial charge in [-0.3, -0.25) is 4.79 Å². The summed E-state index contributed by atoms with van der Waals surface area (Å²) in [5, 5.41) is 0.842. The SMILES string of the molecule is COc1ccc(-c2nc3c(cc(OC)c4c(=O)c5ccccc5oc43)o2)cc1. The number of oxazole rings is 1. The van der Waals surface area contributed by atoms with Gasteiger partial charge in [-0.05, 0) is 36.4 Å². The molecule has 0 spiro atoms. The summed E-state index contributed by atoms with van der Waals surface area (Å²) in [4.78, 5) is 17.6. The average Bonchev–Trinajstić information content (AvgIpc) is 3.17. The first-order valence-electron chi connectivity index (χ1n) is 8.67. The number of para-hydroxylation sites is 1. The van der Waals surface area contributed by atoms with Gasteiger partial charge >= 0.3 is 0 Å². The molecule has 0 radical (unpaired) electrons. The Morgan fingerprint density at radius 2 is 1.68 bits per heavy atom. The zero-order chi connectivity index (χ0) is 19.3. The number of ether oxygens (including phenoxy) is 2. The van der Waals surface area contributed by atoms with Crippen LogP contribution in [0.1, 0.15) is 0 Å². The maximum Gasteiger partial charge on any atom is 0.227 e. The summed E-state index contributed by atoms with van der Waals surface area (Å²) < 4.78 is 22.6. The van der Waals surface area contributed by atoms with Crippen molar-refractivity contribution >= 4 is 33.0 Å². The minimum Gasteiger partial charge on any atom is -0.497 e. The van der Waals surface area contributed by atoms with E-state index in [9.17, 15) is 4.79 Å². The smallest absolute Gasteiger partial charge is 0.227 e. The zero-order valence-electron chi connectivity index (χ0n) is 15.2. The van der Waals surface area contributed by atoms with Gasteiger partial charge in [-0.1, -0.05) is 12.1 Å². The van der Waals surface area contributed by atoms with Crippen LogP contribution in [0, 0.1) is 0 Å². The molecule has 0 saturated heterocycles. The molecule has 5 aromatic rings. The van der Waals surface area contributed by atoms with Crippen LogP contribution in [0.4, 0.5) is 0 Å². The van der Waals surface area contributed by atoms with E-state index in [4.69, 9.17) is 18.3 Å². The van der Waals surface area contributed by atoms with E-state index in [0.29, 0.717) is 44.7 Å². The average molecular weight is 373 g/mol. The van der Waals surface area contributed by atoms with Crippen LogP contribution in [0.3, 0.4) is 0 Å². The highest BCUT2D eigenvalue weighted by Gasteiger charge is 2.20. The second-order valence-electron chi connectivity index (χ2n) is 6.30. The van der Waals surface area contributed by atoms with E-state index in [2.05, 4.69) is 4.98 Å². The van der Waals surface area contributed by atoms with Crippen LogP contribution in [0.15, 0.2) is 68.2 Å². The predicted octanol–water partition coefficient (Wildman–Crippen LogP) is 4.77. The fourth-order valence-corrected chi connectivity index (χ4v) is 3.33. The van der Waals surface area contributed by atoms with Crippen LogP contribution in [0.25, 0.3) is 44.5 Å². The number of hydrogen-bond donors (Lipinski definition) is 0. The lowest BCUT2D eigenvalue weighted by Crippen LogP contribution is -2.04. The van der Waals surface area contributed by atoms with Crippen molar-refractivity contribution in [3.8, 4) is 23.0 Å². The van der Waals surface area contributed by atoms with E-state index in [0.717, 1.165) is 11.3 Å². The summed E-state index contributed by atoms with van der Waals surface area (Å²) >= 11 is 0. The van der Waals surface area contributed by atoms with Crippen LogP contribution < -0.4 is 14.9 Å². The third-order valence-electron chi connectivity index (χ3n) is 4.73. The fraction of sp³-hybridized carbons (Fsp3) is 0.0909. The molecule has 28 heavy (non-hydrogen) atoms. The van der Waals surface area contributed by atoms with Crippen molar-refractivity contribution in [1.29, 1.82) is 0 Å². The van der Waals surface area contributed by atoms with Gasteiger partial charge in [0.05, 0.1) is 19.6 Å². The summed E-state index contributed by atoms with van der Waals surface area (Å²) in [6, 6.07) is 16.1. The molecule has 0 atom stereocenters. The number of benzene rings is 3. The fourth-order valence-electron chi connectivity index (χ4n) is 3.33. The molecule has 138 valence electrons. The van der Waals surface area contributed by atoms with Crippen LogP contribution in [-0.4, -0.2) is 19.2 Å². The van der Waals surface area contributed by atoms with Crippen molar-refractivity contribution in [2.45, 2.75) is 0 Å². The van der Waals surface area contributed by atoms with Crippen LogP contribution >= 0.6 is 0 Å². The van der Waals surface area contributed by atoms with Gasteiger partial charge < -0.3 is 18.3 Å². The van der Waals surface area contributed by atoms with Crippen molar-refractivity contribution < 1.29 is 18.3 Å². The number of hydrogen-bond acceptors (Lipinski definition) is 6. The Labute approximate surface area is 158 Å². The molecule has 0 amide bonds. The molecule has 0 fully saturated rings. The van der Waals surface area contributed by atoms with Gasteiger partial charge in [-0.2, -0.15) is 0 Å². The van der Waals surface area contributed by atoms with Crippen LogP contribution in [-0.2, 0) is 0 Å². The van der Waals surface area contributed by atoms with E-state index in [1.807, 2.05) is 30.3 Å². The summed E-state index contributed by atoms with van der Waals surface area (Å²) in [5.74, 6) is 1.55. The Hall–Kier alpha value is -3.80. The minimum absolute atomic E-state index is 0.162. The third-order valence-corrected chi connectivity index (χ3v) is 4.73. The van der Waals surface area contributed by atoms with E-state index >= 15 is 0 Å². The molecule has 0 bridgehead atoms. The number of rotatable bonds is 3. The van der Waals surface area contributed by atoms with Gasteiger partial charge in [-0.15, -0.1) is 0 Å². The first-order valence-corrected chi connectivity index (χ1v) is 8.67. The molecule has 6 nitrogen and oxygen atoms in total. The molecular formula is C22H15NO5. The Balaban J connectivity index is 1.85. The van der Waals surface area contributed by atoms with E-state index < -0.39 is 0 Å². The summed E-state index contributed by atoms with van der Waals surface area (Å²) in [6.45, 7) is 0. The van der Waals surface area contributed by atoms with Crippen molar-refractivity contribution in [1.82, 2.24) is 4.98 Å². The predicted molar refractivity (Wildman–Crippen MR) is 106 cm³/mol. The Kier molecular flexibility index (Phi) is 3.58. The minimum atomic E-state index is -0.162. The number of methoxy groups -OCH3 is 2. The molecular weight excluding hydrogens is 358 g/mol. The molecule has 3 aromatic carbocycles. The molecule has 0 N–H and O–H groups in total. The molecule has 0 aliphatic carbocycles. The van der Waals surface area contributed by atoms with Gasteiger partial charge in [0.15, 0.2) is 16.7 Å². The molecule has 2 heterocycles. The highest BCUT2D eigenvalue weighted by atomic mass is 16.5. The number of fused-ring (bicyclic) bond motifs is 4. The van der Waals surface area contributed by atoms with Gasteiger partial charge in [0.25, 0.3) is 0 Å². The molecule has 0 unspecified atom stereocenters. The van der Waals surface area contributed by atoms with Crippen molar-refractivity contribution in [3.05, 3.63) is 64.8 Å². The topological polar surface area (TPSA) is 74.7 Å². The maximum absolute atomic E-state index is 13.0. The molecule has 2 aromatic heterocycles. The van der Waals surface area contributed by atoms with Crippen molar-refractivity contribution in [2.24, 2.45) is 0 Å². The highest BCUT2D eigenvalue weighted by molar-refractivity contribution is 6.06. The first kappa shape index (κ1) is 16.4. The van der Waals surface area contributed by atoms with Crippen LogP contribution in [0.2, 0.25) is 0 Å². The molecule has 6 heteroatoms. The second-order valence-corrected chi connectivity index (χ2v) is 6.30. The second kappa shape index (κ2) is 6.13. The van der Waals surface area contributed by atoms with Crippen LogP contribution in [0.5, 0.6) is 11.5 Å². The molecule has 5 rings (SSSR count). The van der Waals surface area contributed by atoms with Gasteiger partial charge in [0.1, 0.15) is 22.5 Å². The monoisotopic (exact) mass is 373 g/mol. The van der Waals surface area contributed by atoms with Crippen molar-refractivity contribution in [2.75, 3.05) is 14.2 Å². The lowest BCUT2D eigenvalue weighted by Gasteiger charge is -2.06. The van der Waals surface area contributed by atoms with Gasteiger partial charge in [0.2, 0.25) is 11.3 Å². The Morgan fingerprint density at radius 3 is 2.43 bits per heavy atom. The number of nitrogens with zero attached hydrogens (tertiary/aromatic N) is 1. The van der Waals surface area contributed by atoms with E-state index in [1.54, 1.807) is 31.4 Å². The third kappa shape index (κ3) is 2.35. The molecule has 0 aliphatic heterocycles. The quantitative estimate of drug-likeness (QED) is 0.424. The maximum atomic E-state index is 13.0. The largest absolute Gasteiger partial charge is 0.497 e. The zero-order valence-corrected chi connectivity index (χ0v) is 15.2. The first-order chi connectivity index (χ1) is 13.7. The van der Waals surface area contributed by atoms with Gasteiger partial charge in [0, 0.05) is 11.6 Å². The van der Waals surface area contributed by atoms with E-state index in [-0.39, 0.29) is 5.43 Å². The number of aromatic nitrogens is 1. The lowest BCUT2D eigenvalue weighted by molar-refractivity contribution is 0.415.